The summed E-state index contributed by atoms with van der Waals surface area (Å²) in [7, 11) is 0. The van der Waals surface area contributed by atoms with E-state index in [1.165, 1.54) is 0 Å². The van der Waals surface area contributed by atoms with Gasteiger partial charge in [-0.1, -0.05) is 94.9 Å². The maximum Gasteiger partial charge on any atom is 0.108 e. The molecule has 34 heavy (non-hydrogen) atoms. The third kappa shape index (κ3) is 6.76. The molecule has 2 nitrogen and oxygen atoms in total. The van der Waals surface area contributed by atoms with Crippen LogP contribution in [0.25, 0.3) is 0 Å². The van der Waals surface area contributed by atoms with Gasteiger partial charge in [0.05, 0.1) is 13.2 Å². The Morgan fingerprint density at radius 2 is 0.588 bits per heavy atom. The van der Waals surface area contributed by atoms with Gasteiger partial charge in [-0.3, -0.25) is 0 Å². The Bertz CT molecular complexity index is 987. The Kier molecular flexibility index (Phi) is 8.91. The summed E-state index contributed by atoms with van der Waals surface area (Å²) in [5, 5.41) is 2.71. The van der Waals surface area contributed by atoms with Crippen molar-refractivity contribution in [3.63, 3.8) is 0 Å². The normalized spacial score (nSPS) is 11.4. The van der Waals surface area contributed by atoms with Crippen LogP contribution in [0.15, 0.2) is 97.1 Å². The lowest BCUT2D eigenvalue weighted by Gasteiger charge is -2.22. The molecule has 0 radical (unpaired) electrons. The van der Waals surface area contributed by atoms with Crippen LogP contribution in [0.1, 0.15) is 34.5 Å². The number of halogens is 4. The van der Waals surface area contributed by atoms with Gasteiger partial charge in [0.2, 0.25) is 0 Å². The van der Waals surface area contributed by atoms with Crippen LogP contribution in [0.3, 0.4) is 0 Å². The maximum atomic E-state index is 6.30. The minimum Gasteiger partial charge on any atom is -0.366 e. The summed E-state index contributed by atoms with van der Waals surface area (Å²) >= 11 is 24.3. The van der Waals surface area contributed by atoms with Crippen LogP contribution < -0.4 is 0 Å². The molecule has 0 bridgehead atoms. The second-order valence-electron chi connectivity index (χ2n) is 7.71. The van der Waals surface area contributed by atoms with Gasteiger partial charge < -0.3 is 9.47 Å². The molecule has 0 N–H and O–H groups in total. The van der Waals surface area contributed by atoms with E-state index < -0.39 is 0 Å². The summed E-state index contributed by atoms with van der Waals surface area (Å²) in [4.78, 5) is 0. The van der Waals surface area contributed by atoms with E-state index in [1.807, 2.05) is 97.1 Å². The number of hydrogen-bond acceptors (Lipinski definition) is 2. The van der Waals surface area contributed by atoms with Gasteiger partial charge in [-0.15, -0.1) is 0 Å². The first kappa shape index (κ1) is 25.1. The van der Waals surface area contributed by atoms with Crippen LogP contribution >= 0.6 is 46.4 Å². The van der Waals surface area contributed by atoms with Crippen molar-refractivity contribution in [2.24, 2.45) is 0 Å². The molecule has 0 fully saturated rings. The highest BCUT2D eigenvalue weighted by atomic mass is 35.5. The van der Waals surface area contributed by atoms with Gasteiger partial charge in [0.15, 0.2) is 0 Å². The Morgan fingerprint density at radius 1 is 0.382 bits per heavy atom. The highest BCUT2D eigenvalue weighted by molar-refractivity contribution is 6.31. The first-order valence-electron chi connectivity index (χ1n) is 10.7. The van der Waals surface area contributed by atoms with Crippen LogP contribution in [-0.2, 0) is 9.47 Å². The highest BCUT2D eigenvalue weighted by Crippen LogP contribution is 2.30. The van der Waals surface area contributed by atoms with Gasteiger partial charge in [0, 0.05) is 20.1 Å². The lowest BCUT2D eigenvalue weighted by atomic mass is 10.0. The number of hydrogen-bond donors (Lipinski definition) is 0. The molecule has 0 atom stereocenters. The second-order valence-corrected chi connectivity index (χ2v) is 9.45. The first-order chi connectivity index (χ1) is 16.5. The molecule has 0 saturated heterocycles. The van der Waals surface area contributed by atoms with Crippen LogP contribution in [0, 0.1) is 0 Å². The summed E-state index contributed by atoms with van der Waals surface area (Å²) in [6.07, 6.45) is -0.551. The van der Waals surface area contributed by atoms with E-state index in [1.54, 1.807) is 0 Å². The predicted molar refractivity (Wildman–Crippen MR) is 141 cm³/mol. The molecule has 0 heterocycles. The lowest BCUT2D eigenvalue weighted by molar-refractivity contribution is -0.000902. The quantitative estimate of drug-likeness (QED) is 0.200. The van der Waals surface area contributed by atoms with Crippen LogP contribution in [0.2, 0.25) is 20.1 Å². The zero-order valence-corrected chi connectivity index (χ0v) is 21.2. The summed E-state index contributed by atoms with van der Waals surface area (Å²) in [6.45, 7) is 0.765. The zero-order valence-electron chi connectivity index (χ0n) is 18.1. The van der Waals surface area contributed by atoms with Crippen molar-refractivity contribution >= 4 is 46.4 Å². The number of rotatable bonds is 9. The molecular formula is C28H22Cl4O2. The van der Waals surface area contributed by atoms with Crippen molar-refractivity contribution in [1.29, 1.82) is 0 Å². The number of ether oxygens (including phenoxy) is 2. The Labute approximate surface area is 220 Å². The molecule has 4 aromatic carbocycles. The molecule has 6 heteroatoms. The average Bonchev–Trinajstić information content (AvgIpc) is 2.85. The fourth-order valence-electron chi connectivity index (χ4n) is 3.65. The fraction of sp³-hybridized carbons (Fsp3) is 0.143. The van der Waals surface area contributed by atoms with E-state index in [0.717, 1.165) is 22.3 Å². The SMILES string of the molecule is Clc1ccc(C(OCCOC(c2ccc(Cl)cc2)c2ccc(Cl)cc2)c2ccc(Cl)cc2)cc1. The van der Waals surface area contributed by atoms with E-state index in [2.05, 4.69) is 0 Å². The summed E-state index contributed by atoms with van der Waals surface area (Å²) < 4.78 is 12.6. The molecule has 0 saturated carbocycles. The van der Waals surface area contributed by atoms with E-state index in [0.29, 0.717) is 33.3 Å². The largest absolute Gasteiger partial charge is 0.366 e. The van der Waals surface area contributed by atoms with Crippen molar-refractivity contribution in [3.8, 4) is 0 Å². The minimum absolute atomic E-state index is 0.275. The van der Waals surface area contributed by atoms with Crippen molar-refractivity contribution in [2.75, 3.05) is 13.2 Å². The highest BCUT2D eigenvalue weighted by Gasteiger charge is 2.18. The Hall–Kier alpha value is -2.04. The predicted octanol–water partition coefficient (Wildman–Crippen LogP) is 9.21. The van der Waals surface area contributed by atoms with E-state index in [-0.39, 0.29) is 12.2 Å². The summed E-state index contributed by atoms with van der Waals surface area (Å²) in [5.74, 6) is 0. The molecule has 0 aliphatic rings. The zero-order chi connectivity index (χ0) is 23.9. The third-order valence-corrected chi connectivity index (χ3v) is 6.35. The van der Waals surface area contributed by atoms with Crippen LogP contribution in [0.5, 0.6) is 0 Å². The molecule has 4 rings (SSSR count). The monoisotopic (exact) mass is 530 g/mol. The number of benzene rings is 4. The van der Waals surface area contributed by atoms with Crippen molar-refractivity contribution in [1.82, 2.24) is 0 Å². The van der Waals surface area contributed by atoms with Gasteiger partial charge >= 0.3 is 0 Å². The maximum absolute atomic E-state index is 6.30. The summed E-state index contributed by atoms with van der Waals surface area (Å²) in [5.41, 5.74) is 4.00. The molecule has 174 valence electrons. The van der Waals surface area contributed by atoms with Crippen LogP contribution in [-0.4, -0.2) is 13.2 Å². The summed E-state index contributed by atoms with van der Waals surface area (Å²) in [6, 6.07) is 30.6. The molecule has 0 unspecified atom stereocenters. The van der Waals surface area contributed by atoms with Crippen LogP contribution in [0.4, 0.5) is 0 Å². The lowest BCUT2D eigenvalue weighted by Crippen LogP contribution is -2.14. The van der Waals surface area contributed by atoms with Gasteiger partial charge in [-0.25, -0.2) is 0 Å². The third-order valence-electron chi connectivity index (χ3n) is 5.34. The Balaban J connectivity index is 1.48. The topological polar surface area (TPSA) is 18.5 Å². The van der Waals surface area contributed by atoms with E-state index >= 15 is 0 Å². The average molecular weight is 532 g/mol. The minimum atomic E-state index is -0.275. The molecular weight excluding hydrogens is 510 g/mol. The molecule has 0 aliphatic heterocycles. The molecule has 0 aliphatic carbocycles. The second kappa shape index (κ2) is 12.1. The van der Waals surface area contributed by atoms with Gasteiger partial charge in [-0.2, -0.15) is 0 Å². The molecule has 0 amide bonds. The molecule has 0 aromatic heterocycles. The molecule has 4 aromatic rings. The van der Waals surface area contributed by atoms with Gasteiger partial charge in [0.1, 0.15) is 12.2 Å². The standard InChI is InChI=1S/C28H22Cl4O2/c29-23-9-1-19(2-10-23)27(20-3-11-24(30)12-4-20)33-17-18-34-28(21-5-13-25(31)14-6-21)22-7-15-26(32)16-8-22/h1-16,27-28H,17-18H2. The van der Waals surface area contributed by atoms with Crippen molar-refractivity contribution < 1.29 is 9.47 Å². The van der Waals surface area contributed by atoms with E-state index in [9.17, 15) is 0 Å². The smallest absolute Gasteiger partial charge is 0.108 e. The fourth-order valence-corrected chi connectivity index (χ4v) is 4.16. The first-order valence-corrected chi connectivity index (χ1v) is 12.3. The van der Waals surface area contributed by atoms with Gasteiger partial charge in [0.25, 0.3) is 0 Å². The van der Waals surface area contributed by atoms with Crippen molar-refractivity contribution in [2.45, 2.75) is 12.2 Å². The van der Waals surface area contributed by atoms with Gasteiger partial charge in [-0.05, 0) is 70.8 Å². The molecule has 0 spiro atoms. The van der Waals surface area contributed by atoms with E-state index in [4.69, 9.17) is 55.9 Å². The Morgan fingerprint density at radius 3 is 0.794 bits per heavy atom. The van der Waals surface area contributed by atoms with Crippen molar-refractivity contribution in [3.05, 3.63) is 139 Å².